The van der Waals surface area contributed by atoms with Gasteiger partial charge in [0.05, 0.1) is 6.10 Å². The standard InChI is InChI=1S/C15H23N3O2/c1-2-20-14-7-9-18(10-8-14)11-12-3-5-13(6-4-12)15(16)17-19/h3-6,14,19H,2,7-11H2,1H3,(H2,16,17). The third kappa shape index (κ3) is 3.95. The predicted octanol–water partition coefficient (Wildman–Crippen LogP) is 1.78. The van der Waals surface area contributed by atoms with Crippen LogP contribution in [0.2, 0.25) is 0 Å². The summed E-state index contributed by atoms with van der Waals surface area (Å²) in [5, 5.41) is 11.6. The molecule has 0 unspecified atom stereocenters. The molecular formula is C15H23N3O2. The van der Waals surface area contributed by atoms with Gasteiger partial charge in [-0.1, -0.05) is 29.4 Å². The number of nitrogens with zero attached hydrogens (tertiary/aromatic N) is 2. The first-order valence-electron chi connectivity index (χ1n) is 7.13. The van der Waals surface area contributed by atoms with Crippen LogP contribution in [0.4, 0.5) is 0 Å². The molecule has 1 fully saturated rings. The Labute approximate surface area is 120 Å². The van der Waals surface area contributed by atoms with Crippen LogP contribution in [-0.4, -0.2) is 41.7 Å². The normalized spacial score (nSPS) is 18.4. The van der Waals surface area contributed by atoms with Crippen molar-refractivity contribution in [3.05, 3.63) is 35.4 Å². The monoisotopic (exact) mass is 277 g/mol. The fourth-order valence-corrected chi connectivity index (χ4v) is 2.57. The molecule has 5 heteroatoms. The van der Waals surface area contributed by atoms with Crippen LogP contribution in [0, 0.1) is 0 Å². The highest BCUT2D eigenvalue weighted by Gasteiger charge is 2.19. The quantitative estimate of drug-likeness (QED) is 0.372. The summed E-state index contributed by atoms with van der Waals surface area (Å²) in [6.07, 6.45) is 2.64. The molecule has 0 saturated carbocycles. The van der Waals surface area contributed by atoms with Crippen molar-refractivity contribution in [3.63, 3.8) is 0 Å². The number of hydrogen-bond acceptors (Lipinski definition) is 4. The molecule has 0 aliphatic carbocycles. The molecule has 20 heavy (non-hydrogen) atoms. The van der Waals surface area contributed by atoms with Crippen molar-refractivity contribution in [1.29, 1.82) is 0 Å². The zero-order valence-electron chi connectivity index (χ0n) is 12.0. The van der Waals surface area contributed by atoms with Crippen molar-refractivity contribution < 1.29 is 9.94 Å². The molecule has 110 valence electrons. The van der Waals surface area contributed by atoms with Gasteiger partial charge in [0, 0.05) is 31.8 Å². The summed E-state index contributed by atoms with van der Waals surface area (Å²) >= 11 is 0. The van der Waals surface area contributed by atoms with Gasteiger partial charge in [-0.15, -0.1) is 0 Å². The second-order valence-corrected chi connectivity index (χ2v) is 5.11. The van der Waals surface area contributed by atoms with E-state index >= 15 is 0 Å². The number of ether oxygens (including phenoxy) is 1. The average molecular weight is 277 g/mol. The lowest BCUT2D eigenvalue weighted by atomic mass is 10.1. The highest BCUT2D eigenvalue weighted by Crippen LogP contribution is 2.16. The molecule has 0 atom stereocenters. The maximum absolute atomic E-state index is 8.63. The molecule has 1 heterocycles. The molecule has 0 bridgehead atoms. The second-order valence-electron chi connectivity index (χ2n) is 5.11. The van der Waals surface area contributed by atoms with Gasteiger partial charge in [0.1, 0.15) is 0 Å². The van der Waals surface area contributed by atoms with Gasteiger partial charge >= 0.3 is 0 Å². The first kappa shape index (κ1) is 14.8. The number of hydrogen-bond donors (Lipinski definition) is 2. The maximum Gasteiger partial charge on any atom is 0.170 e. The second kappa shape index (κ2) is 7.26. The van der Waals surface area contributed by atoms with Crippen LogP contribution in [0.5, 0.6) is 0 Å². The molecule has 0 radical (unpaired) electrons. The summed E-state index contributed by atoms with van der Waals surface area (Å²) < 4.78 is 5.66. The van der Waals surface area contributed by atoms with Crippen molar-refractivity contribution in [2.45, 2.75) is 32.4 Å². The van der Waals surface area contributed by atoms with Gasteiger partial charge < -0.3 is 15.7 Å². The van der Waals surface area contributed by atoms with Crippen molar-refractivity contribution in [3.8, 4) is 0 Å². The zero-order chi connectivity index (χ0) is 14.4. The average Bonchev–Trinajstić information content (AvgIpc) is 2.49. The van der Waals surface area contributed by atoms with Crippen molar-refractivity contribution in [2.24, 2.45) is 10.9 Å². The van der Waals surface area contributed by atoms with E-state index in [0.29, 0.717) is 6.10 Å². The highest BCUT2D eigenvalue weighted by atomic mass is 16.5. The van der Waals surface area contributed by atoms with Gasteiger partial charge in [0.2, 0.25) is 0 Å². The molecule has 5 nitrogen and oxygen atoms in total. The molecule has 0 amide bonds. The Kier molecular flexibility index (Phi) is 5.38. The summed E-state index contributed by atoms with van der Waals surface area (Å²) in [7, 11) is 0. The fraction of sp³-hybridized carbons (Fsp3) is 0.533. The lowest BCUT2D eigenvalue weighted by Gasteiger charge is -2.31. The molecule has 1 aromatic rings. The molecule has 1 aromatic carbocycles. The lowest BCUT2D eigenvalue weighted by Crippen LogP contribution is -2.36. The number of benzene rings is 1. The first-order chi connectivity index (χ1) is 9.72. The van der Waals surface area contributed by atoms with Gasteiger partial charge in [-0.2, -0.15) is 0 Å². The van der Waals surface area contributed by atoms with E-state index in [1.165, 1.54) is 5.56 Å². The number of piperidine rings is 1. The molecule has 1 saturated heterocycles. The molecule has 1 aliphatic rings. The van der Waals surface area contributed by atoms with Gasteiger partial charge in [-0.25, -0.2) is 0 Å². The van der Waals surface area contributed by atoms with Crippen molar-refractivity contribution >= 4 is 5.84 Å². The Balaban J connectivity index is 1.85. The van der Waals surface area contributed by atoms with Gasteiger partial charge in [-0.3, -0.25) is 4.90 Å². The number of rotatable bonds is 5. The van der Waals surface area contributed by atoms with E-state index in [1.54, 1.807) is 0 Å². The largest absolute Gasteiger partial charge is 0.409 e. The van der Waals surface area contributed by atoms with E-state index in [9.17, 15) is 0 Å². The van der Waals surface area contributed by atoms with Gasteiger partial charge in [0.25, 0.3) is 0 Å². The van der Waals surface area contributed by atoms with Gasteiger partial charge in [0.15, 0.2) is 5.84 Å². The number of nitrogens with two attached hydrogens (primary N) is 1. The maximum atomic E-state index is 8.63. The van der Waals surface area contributed by atoms with Crippen LogP contribution in [0.25, 0.3) is 0 Å². The van der Waals surface area contributed by atoms with E-state index in [1.807, 2.05) is 24.3 Å². The van der Waals surface area contributed by atoms with E-state index in [2.05, 4.69) is 17.0 Å². The predicted molar refractivity (Wildman–Crippen MR) is 78.9 cm³/mol. The minimum Gasteiger partial charge on any atom is -0.409 e. The fourth-order valence-electron chi connectivity index (χ4n) is 2.57. The van der Waals surface area contributed by atoms with Crippen molar-refractivity contribution in [2.75, 3.05) is 19.7 Å². The SMILES string of the molecule is CCOC1CCN(Cc2ccc(/C(N)=N/O)cc2)CC1. The van der Waals surface area contributed by atoms with Gasteiger partial charge in [-0.05, 0) is 25.3 Å². The highest BCUT2D eigenvalue weighted by molar-refractivity contribution is 5.96. The third-order valence-electron chi connectivity index (χ3n) is 3.70. The van der Waals surface area contributed by atoms with Crippen LogP contribution < -0.4 is 5.73 Å². The Morgan fingerprint density at radius 3 is 2.55 bits per heavy atom. The van der Waals surface area contributed by atoms with Crippen molar-refractivity contribution in [1.82, 2.24) is 4.90 Å². The van der Waals surface area contributed by atoms with E-state index < -0.39 is 0 Å². The minimum absolute atomic E-state index is 0.147. The first-order valence-corrected chi connectivity index (χ1v) is 7.13. The molecule has 0 aromatic heterocycles. The summed E-state index contributed by atoms with van der Waals surface area (Å²) in [4.78, 5) is 2.44. The summed E-state index contributed by atoms with van der Waals surface area (Å²) in [5.74, 6) is 0.147. The summed E-state index contributed by atoms with van der Waals surface area (Å²) in [6, 6.07) is 7.83. The van der Waals surface area contributed by atoms with E-state index in [4.69, 9.17) is 15.7 Å². The van der Waals surface area contributed by atoms with E-state index in [0.717, 1.165) is 44.6 Å². The topological polar surface area (TPSA) is 71.1 Å². The Hall–Kier alpha value is -1.59. The van der Waals surface area contributed by atoms with E-state index in [-0.39, 0.29) is 5.84 Å². The summed E-state index contributed by atoms with van der Waals surface area (Å²) in [6.45, 7) is 5.95. The smallest absolute Gasteiger partial charge is 0.170 e. The number of amidine groups is 1. The van der Waals surface area contributed by atoms with Crippen LogP contribution in [0.3, 0.4) is 0 Å². The Morgan fingerprint density at radius 1 is 1.35 bits per heavy atom. The third-order valence-corrected chi connectivity index (χ3v) is 3.70. The summed E-state index contributed by atoms with van der Waals surface area (Å²) in [5.41, 5.74) is 7.53. The van der Waals surface area contributed by atoms with Crippen LogP contribution in [0.1, 0.15) is 30.9 Å². The Morgan fingerprint density at radius 2 is 2.00 bits per heavy atom. The zero-order valence-corrected chi connectivity index (χ0v) is 12.0. The molecule has 3 N–H and O–H groups in total. The van der Waals surface area contributed by atoms with Crippen LogP contribution in [0.15, 0.2) is 29.4 Å². The molecule has 0 spiro atoms. The van der Waals surface area contributed by atoms with Crippen LogP contribution >= 0.6 is 0 Å². The number of likely N-dealkylation sites (tertiary alicyclic amines) is 1. The molecule has 2 rings (SSSR count). The lowest BCUT2D eigenvalue weighted by molar-refractivity contribution is 0.0125. The Bertz CT molecular complexity index is 437. The molecule has 1 aliphatic heterocycles. The molecular weight excluding hydrogens is 254 g/mol. The number of oxime groups is 1. The van der Waals surface area contributed by atoms with Crippen LogP contribution in [-0.2, 0) is 11.3 Å². The minimum atomic E-state index is 0.147.